The number of carbonyl (C=O) groups is 2. The molecule has 0 aliphatic heterocycles. The van der Waals surface area contributed by atoms with Gasteiger partial charge in [-0.3, -0.25) is 9.59 Å². The summed E-state index contributed by atoms with van der Waals surface area (Å²) in [5.41, 5.74) is 0.344. The monoisotopic (exact) mass is 342 g/mol. The van der Waals surface area contributed by atoms with E-state index in [1.807, 2.05) is 0 Å². The second-order valence-corrected chi connectivity index (χ2v) is 5.54. The summed E-state index contributed by atoms with van der Waals surface area (Å²) in [5.74, 6) is -2.97. The predicted molar refractivity (Wildman–Crippen MR) is 85.1 cm³/mol. The molecule has 0 aromatic heterocycles. The molecule has 134 valence electrons. The molecule has 0 bridgehead atoms. The molecule has 0 spiro atoms. The third kappa shape index (κ3) is 8.60. The highest BCUT2D eigenvalue weighted by molar-refractivity contribution is 5.77. The average Bonchev–Trinajstić information content (AvgIpc) is 2.57. The van der Waals surface area contributed by atoms with Crippen LogP contribution in [0.25, 0.3) is 0 Å². The van der Waals surface area contributed by atoms with Crippen molar-refractivity contribution >= 4 is 11.9 Å². The topological polar surface area (TPSA) is 52.6 Å². The first-order valence-corrected chi connectivity index (χ1v) is 8.28. The summed E-state index contributed by atoms with van der Waals surface area (Å²) in [5, 5.41) is 0. The van der Waals surface area contributed by atoms with Gasteiger partial charge in [0.15, 0.2) is 11.6 Å². The zero-order valence-electron chi connectivity index (χ0n) is 14.0. The third-order valence-electron chi connectivity index (χ3n) is 3.43. The summed E-state index contributed by atoms with van der Waals surface area (Å²) in [4.78, 5) is 23.0. The van der Waals surface area contributed by atoms with Gasteiger partial charge in [-0.15, -0.1) is 0 Å². The summed E-state index contributed by atoms with van der Waals surface area (Å²) in [6, 6.07) is 3.27. The molecule has 0 fully saturated rings. The molecule has 0 unspecified atom stereocenters. The van der Waals surface area contributed by atoms with E-state index >= 15 is 0 Å². The van der Waals surface area contributed by atoms with Gasteiger partial charge in [0.05, 0.1) is 19.4 Å². The Labute approximate surface area is 141 Å². The van der Waals surface area contributed by atoms with Crippen molar-refractivity contribution in [1.29, 1.82) is 0 Å². The van der Waals surface area contributed by atoms with Crippen LogP contribution in [0.2, 0.25) is 0 Å². The Morgan fingerprint density at radius 1 is 0.917 bits per heavy atom. The normalized spacial score (nSPS) is 10.5. The zero-order chi connectivity index (χ0) is 17.8. The van der Waals surface area contributed by atoms with Crippen LogP contribution in [0, 0.1) is 11.6 Å². The maximum atomic E-state index is 13.0. The highest BCUT2D eigenvalue weighted by Crippen LogP contribution is 2.10. The van der Waals surface area contributed by atoms with Crippen LogP contribution in [0.5, 0.6) is 0 Å². The molecular formula is C18H24F2O4. The summed E-state index contributed by atoms with van der Waals surface area (Å²) in [7, 11) is 0. The van der Waals surface area contributed by atoms with Crippen LogP contribution in [0.1, 0.15) is 57.4 Å². The number of halogens is 2. The van der Waals surface area contributed by atoms with Crippen LogP contribution in [0.4, 0.5) is 8.78 Å². The SMILES string of the molecule is CCCCCCCOC(=O)CCC(=O)OCc1ccc(F)c(F)c1. The highest BCUT2D eigenvalue weighted by Gasteiger charge is 2.10. The smallest absolute Gasteiger partial charge is 0.306 e. The minimum absolute atomic E-state index is 0.0500. The lowest BCUT2D eigenvalue weighted by atomic mass is 10.2. The Hall–Kier alpha value is -1.98. The van der Waals surface area contributed by atoms with E-state index in [0.717, 1.165) is 37.8 Å². The molecule has 0 atom stereocenters. The summed E-state index contributed by atoms with van der Waals surface area (Å²) < 4.78 is 35.7. The first-order chi connectivity index (χ1) is 11.5. The first-order valence-electron chi connectivity index (χ1n) is 8.28. The molecule has 0 heterocycles. The van der Waals surface area contributed by atoms with E-state index in [0.29, 0.717) is 12.2 Å². The maximum absolute atomic E-state index is 13.0. The van der Waals surface area contributed by atoms with Gasteiger partial charge in [-0.25, -0.2) is 8.78 Å². The molecule has 4 nitrogen and oxygen atoms in total. The number of unbranched alkanes of at least 4 members (excludes halogenated alkanes) is 4. The van der Waals surface area contributed by atoms with Gasteiger partial charge in [-0.1, -0.05) is 38.7 Å². The summed E-state index contributed by atoms with van der Waals surface area (Å²) >= 11 is 0. The molecule has 0 saturated carbocycles. The maximum Gasteiger partial charge on any atom is 0.306 e. The van der Waals surface area contributed by atoms with Crippen LogP contribution < -0.4 is 0 Å². The fourth-order valence-electron chi connectivity index (χ4n) is 2.03. The van der Waals surface area contributed by atoms with Crippen molar-refractivity contribution in [2.75, 3.05) is 6.61 Å². The number of ether oxygens (including phenoxy) is 2. The summed E-state index contributed by atoms with van der Waals surface area (Å²) in [6.07, 6.45) is 5.17. The van der Waals surface area contributed by atoms with E-state index in [-0.39, 0.29) is 19.4 Å². The number of hydrogen-bond acceptors (Lipinski definition) is 4. The van der Waals surface area contributed by atoms with Gasteiger partial charge in [0.1, 0.15) is 6.61 Å². The molecule has 6 heteroatoms. The van der Waals surface area contributed by atoms with E-state index < -0.39 is 23.6 Å². The lowest BCUT2D eigenvalue weighted by Crippen LogP contribution is -2.11. The Kier molecular flexibility index (Phi) is 9.65. The van der Waals surface area contributed by atoms with Gasteiger partial charge in [0, 0.05) is 0 Å². The van der Waals surface area contributed by atoms with Gasteiger partial charge in [0.25, 0.3) is 0 Å². The van der Waals surface area contributed by atoms with Crippen LogP contribution in [-0.2, 0) is 25.7 Å². The van der Waals surface area contributed by atoms with Crippen molar-refractivity contribution in [3.63, 3.8) is 0 Å². The Bertz CT molecular complexity index is 532. The number of rotatable bonds is 11. The van der Waals surface area contributed by atoms with Gasteiger partial charge >= 0.3 is 11.9 Å². The molecule has 0 radical (unpaired) electrons. The van der Waals surface area contributed by atoms with Gasteiger partial charge in [-0.05, 0) is 24.1 Å². The van der Waals surface area contributed by atoms with Crippen LogP contribution in [0.15, 0.2) is 18.2 Å². The molecule has 0 aliphatic carbocycles. The lowest BCUT2D eigenvalue weighted by molar-refractivity contribution is -0.151. The highest BCUT2D eigenvalue weighted by atomic mass is 19.2. The van der Waals surface area contributed by atoms with E-state index in [2.05, 4.69) is 6.92 Å². The molecule has 24 heavy (non-hydrogen) atoms. The zero-order valence-corrected chi connectivity index (χ0v) is 14.0. The number of esters is 2. The van der Waals surface area contributed by atoms with Gasteiger partial charge < -0.3 is 9.47 Å². The molecule has 0 N–H and O–H groups in total. The summed E-state index contributed by atoms with van der Waals surface area (Å²) in [6.45, 7) is 2.33. The average molecular weight is 342 g/mol. The van der Waals surface area contributed by atoms with E-state index in [4.69, 9.17) is 9.47 Å². The standard InChI is InChI=1S/C18H24F2O4/c1-2-3-4-5-6-11-23-17(21)9-10-18(22)24-13-14-7-8-15(19)16(20)12-14/h7-8,12H,2-6,9-11,13H2,1H3. The third-order valence-corrected chi connectivity index (χ3v) is 3.43. The van der Waals surface area contributed by atoms with Gasteiger partial charge in [0.2, 0.25) is 0 Å². The largest absolute Gasteiger partial charge is 0.466 e. The Morgan fingerprint density at radius 3 is 2.25 bits per heavy atom. The van der Waals surface area contributed by atoms with Crippen LogP contribution in [0.3, 0.4) is 0 Å². The fourth-order valence-corrected chi connectivity index (χ4v) is 2.03. The predicted octanol–water partition coefficient (Wildman–Crippen LogP) is 4.30. The van der Waals surface area contributed by atoms with Crippen LogP contribution >= 0.6 is 0 Å². The Balaban J connectivity index is 2.12. The molecule has 0 saturated heterocycles. The molecular weight excluding hydrogens is 318 g/mol. The molecule has 1 aromatic carbocycles. The van der Waals surface area contributed by atoms with Crippen molar-refractivity contribution in [3.05, 3.63) is 35.4 Å². The number of carbonyl (C=O) groups excluding carboxylic acids is 2. The lowest BCUT2D eigenvalue weighted by Gasteiger charge is -2.06. The van der Waals surface area contributed by atoms with E-state index in [1.54, 1.807) is 0 Å². The minimum atomic E-state index is -0.994. The van der Waals surface area contributed by atoms with Crippen LogP contribution in [-0.4, -0.2) is 18.5 Å². The van der Waals surface area contributed by atoms with Crippen molar-refractivity contribution in [2.45, 2.75) is 58.5 Å². The fraction of sp³-hybridized carbons (Fsp3) is 0.556. The number of benzene rings is 1. The second kappa shape index (κ2) is 11.5. The number of hydrogen-bond donors (Lipinski definition) is 0. The Morgan fingerprint density at radius 2 is 1.58 bits per heavy atom. The van der Waals surface area contributed by atoms with E-state index in [9.17, 15) is 18.4 Å². The second-order valence-electron chi connectivity index (χ2n) is 5.54. The molecule has 0 amide bonds. The van der Waals surface area contributed by atoms with Crippen molar-refractivity contribution in [3.8, 4) is 0 Å². The minimum Gasteiger partial charge on any atom is -0.466 e. The van der Waals surface area contributed by atoms with Crippen molar-refractivity contribution in [2.24, 2.45) is 0 Å². The molecule has 1 rings (SSSR count). The van der Waals surface area contributed by atoms with Gasteiger partial charge in [-0.2, -0.15) is 0 Å². The van der Waals surface area contributed by atoms with Crippen molar-refractivity contribution < 1.29 is 27.8 Å². The first kappa shape index (κ1) is 20.1. The molecule has 1 aromatic rings. The quantitative estimate of drug-likeness (QED) is 0.444. The molecule has 0 aliphatic rings. The van der Waals surface area contributed by atoms with Crippen molar-refractivity contribution in [1.82, 2.24) is 0 Å². The van der Waals surface area contributed by atoms with E-state index in [1.165, 1.54) is 12.5 Å².